The van der Waals surface area contributed by atoms with Crippen LogP contribution < -0.4 is 14.4 Å². The molecule has 3 rings (SSSR count). The van der Waals surface area contributed by atoms with Crippen molar-refractivity contribution in [3.8, 4) is 5.75 Å². The van der Waals surface area contributed by atoms with Crippen LogP contribution in [0.5, 0.6) is 5.75 Å². The fourth-order valence-corrected chi connectivity index (χ4v) is 3.85. The second kappa shape index (κ2) is 7.37. The number of rotatable bonds is 4. The predicted octanol–water partition coefficient (Wildman–Crippen LogP) is 2.23. The molecule has 1 N–H and O–H groups in total. The van der Waals surface area contributed by atoms with Crippen molar-refractivity contribution in [1.29, 1.82) is 0 Å². The van der Waals surface area contributed by atoms with Crippen LogP contribution >= 0.6 is 0 Å². The number of carbonyl (C=O) groups is 1. The van der Waals surface area contributed by atoms with E-state index in [-0.39, 0.29) is 18.9 Å². The van der Waals surface area contributed by atoms with Crippen molar-refractivity contribution in [2.45, 2.75) is 26.0 Å². The van der Waals surface area contributed by atoms with Crippen molar-refractivity contribution < 1.29 is 17.9 Å². The molecule has 0 saturated heterocycles. The third kappa shape index (κ3) is 4.16. The molecule has 6 nitrogen and oxygen atoms in total. The highest BCUT2D eigenvalue weighted by molar-refractivity contribution is 7.92. The Morgan fingerprint density at radius 1 is 1.23 bits per heavy atom. The zero-order valence-corrected chi connectivity index (χ0v) is 15.6. The van der Waals surface area contributed by atoms with Gasteiger partial charge >= 0.3 is 0 Å². The summed E-state index contributed by atoms with van der Waals surface area (Å²) >= 11 is 0. The number of hydrogen-bond acceptors (Lipinski definition) is 4. The first-order valence-electron chi connectivity index (χ1n) is 8.41. The number of nitrogens with one attached hydrogen (secondary N) is 1. The first-order chi connectivity index (χ1) is 12.3. The zero-order chi connectivity index (χ0) is 18.7. The number of ether oxygens (including phenoxy) is 1. The lowest BCUT2D eigenvalue weighted by Crippen LogP contribution is -2.39. The van der Waals surface area contributed by atoms with E-state index in [4.69, 9.17) is 4.74 Å². The molecule has 138 valence electrons. The molecule has 1 heterocycles. The van der Waals surface area contributed by atoms with Crippen LogP contribution in [0.3, 0.4) is 0 Å². The summed E-state index contributed by atoms with van der Waals surface area (Å²) in [6, 6.07) is 14.9. The van der Waals surface area contributed by atoms with Crippen LogP contribution in [-0.2, 0) is 21.4 Å². The van der Waals surface area contributed by atoms with E-state index >= 15 is 0 Å². The molecule has 2 aromatic carbocycles. The van der Waals surface area contributed by atoms with Crippen LogP contribution in [-0.4, -0.2) is 33.2 Å². The van der Waals surface area contributed by atoms with Gasteiger partial charge in [0, 0.05) is 19.5 Å². The number of carbonyl (C=O) groups excluding carboxylic acids is 1. The van der Waals surface area contributed by atoms with E-state index < -0.39 is 16.1 Å². The van der Waals surface area contributed by atoms with E-state index in [0.717, 1.165) is 17.4 Å². The number of nitrogens with zero attached hydrogens (tertiary/aromatic N) is 1. The Bertz CT molecular complexity index is 897. The third-order valence-corrected chi connectivity index (χ3v) is 5.43. The van der Waals surface area contributed by atoms with Crippen LogP contribution in [0.15, 0.2) is 48.5 Å². The molecule has 1 atom stereocenters. The summed E-state index contributed by atoms with van der Waals surface area (Å²) < 4.78 is 31.5. The Hall–Kier alpha value is -2.54. The van der Waals surface area contributed by atoms with Gasteiger partial charge in [0.05, 0.1) is 11.9 Å². The molecule has 7 heteroatoms. The number of aryl methyl sites for hydroxylation is 1. The molecule has 0 saturated carbocycles. The zero-order valence-electron chi connectivity index (χ0n) is 14.8. The van der Waals surface area contributed by atoms with Crippen molar-refractivity contribution in [3.63, 3.8) is 0 Å². The largest absolute Gasteiger partial charge is 0.478 e. The molecule has 0 fully saturated rings. The van der Waals surface area contributed by atoms with Crippen molar-refractivity contribution in [3.05, 3.63) is 59.7 Å². The second-order valence-corrected chi connectivity index (χ2v) is 8.31. The molecule has 0 spiro atoms. The predicted molar refractivity (Wildman–Crippen MR) is 101 cm³/mol. The van der Waals surface area contributed by atoms with Gasteiger partial charge in [0.2, 0.25) is 10.0 Å². The van der Waals surface area contributed by atoms with Gasteiger partial charge in [-0.05, 0) is 30.2 Å². The molecule has 0 unspecified atom stereocenters. The maximum atomic E-state index is 12.6. The Balaban J connectivity index is 1.79. The Morgan fingerprint density at radius 2 is 1.96 bits per heavy atom. The highest BCUT2D eigenvalue weighted by Gasteiger charge is 2.31. The average molecular weight is 374 g/mol. The summed E-state index contributed by atoms with van der Waals surface area (Å²) in [4.78, 5) is 12.6. The summed E-state index contributed by atoms with van der Waals surface area (Å²) in [5.74, 6) is 0.147. The van der Waals surface area contributed by atoms with Crippen molar-refractivity contribution in [1.82, 2.24) is 5.32 Å². The fourth-order valence-electron chi connectivity index (χ4n) is 2.92. The summed E-state index contributed by atoms with van der Waals surface area (Å²) in [7, 11) is -3.46. The Morgan fingerprint density at radius 3 is 2.65 bits per heavy atom. The topological polar surface area (TPSA) is 75.7 Å². The SMILES string of the molecule is Cc1ccc2c(c1)N(S(C)(=O)=O)CC[C@H](C(=O)NCc1ccccc1)O2. The van der Waals surface area contributed by atoms with E-state index in [1.165, 1.54) is 4.31 Å². The lowest BCUT2D eigenvalue weighted by molar-refractivity contribution is -0.128. The first kappa shape index (κ1) is 18.3. The smallest absolute Gasteiger partial charge is 0.261 e. The number of amides is 1. The van der Waals surface area contributed by atoms with Gasteiger partial charge in [-0.25, -0.2) is 8.42 Å². The van der Waals surface area contributed by atoms with E-state index in [0.29, 0.717) is 18.0 Å². The van der Waals surface area contributed by atoms with Crippen molar-refractivity contribution in [2.75, 3.05) is 17.1 Å². The maximum absolute atomic E-state index is 12.6. The lowest BCUT2D eigenvalue weighted by Gasteiger charge is -2.21. The molecule has 0 bridgehead atoms. The number of benzene rings is 2. The highest BCUT2D eigenvalue weighted by Crippen LogP contribution is 2.35. The molecule has 0 aromatic heterocycles. The van der Waals surface area contributed by atoms with E-state index in [9.17, 15) is 13.2 Å². The standard InChI is InChI=1S/C19H22N2O4S/c1-14-8-9-17-16(12-14)21(26(2,23)24)11-10-18(25-17)19(22)20-13-15-6-4-3-5-7-15/h3-9,12,18H,10-11,13H2,1-2H3,(H,20,22)/t18-/m1/s1. The molecular weight excluding hydrogens is 352 g/mol. The van der Waals surface area contributed by atoms with Gasteiger partial charge in [0.1, 0.15) is 5.75 Å². The lowest BCUT2D eigenvalue weighted by atomic mass is 10.2. The summed E-state index contributed by atoms with van der Waals surface area (Å²) in [5.41, 5.74) is 2.39. The summed E-state index contributed by atoms with van der Waals surface area (Å²) in [6.07, 6.45) is 0.697. The van der Waals surface area contributed by atoms with E-state index in [1.807, 2.05) is 43.3 Å². The van der Waals surface area contributed by atoms with Gasteiger partial charge < -0.3 is 10.1 Å². The van der Waals surface area contributed by atoms with Gasteiger partial charge in [0.15, 0.2) is 6.10 Å². The summed E-state index contributed by atoms with van der Waals surface area (Å²) in [5, 5.41) is 2.86. The molecule has 1 aliphatic rings. The normalized spacial score (nSPS) is 17.0. The molecule has 0 aliphatic carbocycles. The van der Waals surface area contributed by atoms with Gasteiger partial charge in [-0.1, -0.05) is 36.4 Å². The molecular formula is C19H22N2O4S. The third-order valence-electron chi connectivity index (χ3n) is 4.25. The molecule has 26 heavy (non-hydrogen) atoms. The molecule has 2 aromatic rings. The fraction of sp³-hybridized carbons (Fsp3) is 0.316. The Labute approximate surface area is 153 Å². The minimum absolute atomic E-state index is 0.193. The van der Waals surface area contributed by atoms with E-state index in [1.54, 1.807) is 12.1 Å². The number of fused-ring (bicyclic) bond motifs is 1. The Kier molecular flexibility index (Phi) is 5.18. The van der Waals surface area contributed by atoms with Crippen molar-refractivity contribution in [2.24, 2.45) is 0 Å². The van der Waals surface area contributed by atoms with Crippen LogP contribution in [0, 0.1) is 6.92 Å². The van der Waals surface area contributed by atoms with Crippen molar-refractivity contribution >= 4 is 21.6 Å². The first-order valence-corrected chi connectivity index (χ1v) is 10.3. The van der Waals surface area contributed by atoms with Crippen LogP contribution in [0.4, 0.5) is 5.69 Å². The van der Waals surface area contributed by atoms with Crippen LogP contribution in [0.2, 0.25) is 0 Å². The maximum Gasteiger partial charge on any atom is 0.261 e. The molecule has 1 amide bonds. The van der Waals surface area contributed by atoms with Crippen LogP contribution in [0.25, 0.3) is 0 Å². The van der Waals surface area contributed by atoms with E-state index in [2.05, 4.69) is 5.32 Å². The second-order valence-electron chi connectivity index (χ2n) is 6.40. The highest BCUT2D eigenvalue weighted by atomic mass is 32.2. The minimum atomic E-state index is -3.46. The molecule has 0 radical (unpaired) electrons. The number of hydrogen-bond donors (Lipinski definition) is 1. The van der Waals surface area contributed by atoms with Gasteiger partial charge in [-0.3, -0.25) is 9.10 Å². The minimum Gasteiger partial charge on any atom is -0.478 e. The number of sulfonamides is 1. The molecule has 1 aliphatic heterocycles. The van der Waals surface area contributed by atoms with Gasteiger partial charge in [-0.15, -0.1) is 0 Å². The summed E-state index contributed by atoms with van der Waals surface area (Å²) in [6.45, 7) is 2.48. The average Bonchev–Trinajstić information content (AvgIpc) is 2.79. The van der Waals surface area contributed by atoms with Gasteiger partial charge in [-0.2, -0.15) is 0 Å². The monoisotopic (exact) mass is 374 g/mol. The van der Waals surface area contributed by atoms with Crippen LogP contribution in [0.1, 0.15) is 17.5 Å². The quantitative estimate of drug-likeness (QED) is 0.890. The van der Waals surface area contributed by atoms with Gasteiger partial charge in [0.25, 0.3) is 5.91 Å². The number of anilines is 1.